The van der Waals surface area contributed by atoms with Gasteiger partial charge in [0.2, 0.25) is 0 Å². The summed E-state index contributed by atoms with van der Waals surface area (Å²) < 4.78 is 2.02. The fourth-order valence-electron chi connectivity index (χ4n) is 2.88. The quantitative estimate of drug-likeness (QED) is 0.906. The zero-order valence-electron chi connectivity index (χ0n) is 14.0. The summed E-state index contributed by atoms with van der Waals surface area (Å²) in [4.78, 5) is 11.8. The average Bonchev–Trinajstić information content (AvgIpc) is 2.67. The average molecular weight is 303 g/mol. The van der Waals surface area contributed by atoms with Crippen molar-refractivity contribution in [2.45, 2.75) is 53.0 Å². The van der Waals surface area contributed by atoms with Crippen molar-refractivity contribution in [1.29, 1.82) is 0 Å². The predicted octanol–water partition coefficient (Wildman–Crippen LogP) is 3.64. The van der Waals surface area contributed by atoms with E-state index in [0.717, 1.165) is 27.7 Å². The van der Waals surface area contributed by atoms with Gasteiger partial charge in [-0.1, -0.05) is 20.8 Å². The number of hydrogen-bond donors (Lipinski definition) is 2. The van der Waals surface area contributed by atoms with E-state index in [9.17, 15) is 9.90 Å². The summed E-state index contributed by atoms with van der Waals surface area (Å²) in [5.74, 6) is -0.904. The lowest BCUT2D eigenvalue weighted by Crippen LogP contribution is -2.13. The first-order valence-electron chi connectivity index (χ1n) is 7.66. The van der Waals surface area contributed by atoms with E-state index in [-0.39, 0.29) is 12.0 Å². The number of rotatable bonds is 4. The Hall–Kier alpha value is -1.81. The molecule has 0 spiro atoms. The lowest BCUT2D eigenvalue weighted by molar-refractivity contribution is 0.0698. The van der Waals surface area contributed by atoms with Crippen molar-refractivity contribution in [2.24, 2.45) is 0 Å². The molecule has 0 aliphatic carbocycles. The molecule has 2 rings (SSSR count). The van der Waals surface area contributed by atoms with Crippen molar-refractivity contribution in [3.63, 3.8) is 0 Å². The summed E-state index contributed by atoms with van der Waals surface area (Å²) in [6, 6.07) is 3.90. The van der Waals surface area contributed by atoms with E-state index >= 15 is 0 Å². The van der Waals surface area contributed by atoms with Crippen LogP contribution in [0.15, 0.2) is 12.1 Å². The van der Waals surface area contributed by atoms with Crippen LogP contribution < -0.4 is 0 Å². The van der Waals surface area contributed by atoms with Gasteiger partial charge in [0.1, 0.15) is 0 Å². The fourth-order valence-corrected chi connectivity index (χ4v) is 2.88. The van der Waals surface area contributed by atoms with Crippen LogP contribution in [-0.2, 0) is 12.0 Å². The van der Waals surface area contributed by atoms with Gasteiger partial charge in [-0.05, 0) is 48.9 Å². The number of aliphatic hydroxyl groups excluding tert-OH is 1. The molecular formula is C18H25NO3. The second-order valence-electron chi connectivity index (χ2n) is 6.91. The molecule has 2 N–H and O–H groups in total. The van der Waals surface area contributed by atoms with Crippen molar-refractivity contribution in [3.8, 4) is 0 Å². The molecule has 0 saturated heterocycles. The first-order chi connectivity index (χ1) is 10.2. The highest BCUT2D eigenvalue weighted by Gasteiger charge is 2.23. The largest absolute Gasteiger partial charge is 0.478 e. The number of carboxylic acid groups (broad SMARTS) is 1. The van der Waals surface area contributed by atoms with Gasteiger partial charge in [-0.3, -0.25) is 0 Å². The highest BCUT2D eigenvalue weighted by Crippen LogP contribution is 2.33. The van der Waals surface area contributed by atoms with Gasteiger partial charge in [0, 0.05) is 24.2 Å². The highest BCUT2D eigenvalue weighted by atomic mass is 16.4. The number of hydrogen-bond acceptors (Lipinski definition) is 2. The molecule has 0 unspecified atom stereocenters. The van der Waals surface area contributed by atoms with Crippen molar-refractivity contribution in [3.05, 3.63) is 34.5 Å². The Balaban J connectivity index is 2.84. The number of aromatic nitrogens is 1. The van der Waals surface area contributed by atoms with Gasteiger partial charge in [-0.2, -0.15) is 0 Å². The summed E-state index contributed by atoms with van der Waals surface area (Å²) in [6.07, 6.45) is 0.615. The normalized spacial score (nSPS) is 12.1. The predicted molar refractivity (Wildman–Crippen MR) is 88.8 cm³/mol. The molecule has 22 heavy (non-hydrogen) atoms. The lowest BCUT2D eigenvalue weighted by atomic mass is 9.85. The Labute approximate surface area is 131 Å². The molecule has 4 heteroatoms. The molecule has 1 aromatic carbocycles. The minimum absolute atomic E-state index is 0.0979. The van der Waals surface area contributed by atoms with Crippen LogP contribution >= 0.6 is 0 Å². The minimum atomic E-state index is -0.904. The Bertz CT molecular complexity index is 720. The SMILES string of the molecule is Cc1c(C)n(CCCO)c2c(C(=O)O)cc(C(C)(C)C)cc12. The number of aliphatic hydroxyl groups is 1. The monoisotopic (exact) mass is 303 g/mol. The number of aromatic carboxylic acids is 1. The number of fused-ring (bicyclic) bond motifs is 1. The highest BCUT2D eigenvalue weighted by molar-refractivity contribution is 6.04. The third kappa shape index (κ3) is 2.75. The zero-order valence-corrected chi connectivity index (χ0v) is 14.0. The van der Waals surface area contributed by atoms with Gasteiger partial charge in [-0.15, -0.1) is 0 Å². The molecule has 1 heterocycles. The van der Waals surface area contributed by atoms with Crippen LogP contribution in [0.5, 0.6) is 0 Å². The summed E-state index contributed by atoms with van der Waals surface area (Å²) in [5, 5.41) is 19.8. The van der Waals surface area contributed by atoms with Crippen LogP contribution in [0.3, 0.4) is 0 Å². The molecule has 0 aliphatic rings. The van der Waals surface area contributed by atoms with Crippen molar-refractivity contribution in [1.82, 2.24) is 4.57 Å². The molecule has 0 aliphatic heterocycles. The number of benzene rings is 1. The second-order valence-corrected chi connectivity index (χ2v) is 6.91. The number of nitrogens with zero attached hydrogens (tertiary/aromatic N) is 1. The molecule has 0 atom stereocenters. The lowest BCUT2D eigenvalue weighted by Gasteiger charge is -2.20. The Morgan fingerprint density at radius 2 is 1.86 bits per heavy atom. The maximum Gasteiger partial charge on any atom is 0.337 e. The molecule has 0 bridgehead atoms. The fraction of sp³-hybridized carbons (Fsp3) is 0.500. The van der Waals surface area contributed by atoms with Crippen LogP contribution in [0.25, 0.3) is 10.9 Å². The number of aryl methyl sites for hydroxylation is 2. The molecular weight excluding hydrogens is 278 g/mol. The maximum atomic E-state index is 11.8. The second kappa shape index (κ2) is 5.76. The summed E-state index contributed by atoms with van der Waals surface area (Å²) in [5.41, 5.74) is 4.21. The minimum Gasteiger partial charge on any atom is -0.478 e. The van der Waals surface area contributed by atoms with Gasteiger partial charge in [-0.25, -0.2) is 4.79 Å². The van der Waals surface area contributed by atoms with Gasteiger partial charge >= 0.3 is 5.97 Å². The van der Waals surface area contributed by atoms with Crippen LogP contribution in [-0.4, -0.2) is 27.4 Å². The molecule has 1 aromatic heterocycles. The standard InChI is InChI=1S/C18H25NO3/c1-11-12(2)19(7-6-8-20)16-14(11)9-13(18(3,4)5)10-15(16)17(21)22/h9-10,20H,6-8H2,1-5H3,(H,21,22). The molecule has 0 fully saturated rings. The van der Waals surface area contributed by atoms with Crippen molar-refractivity contribution in [2.75, 3.05) is 6.61 Å². The van der Waals surface area contributed by atoms with Crippen LogP contribution in [0.1, 0.15) is 54.4 Å². The molecule has 0 amide bonds. The molecule has 0 saturated carbocycles. The van der Waals surface area contributed by atoms with Crippen LogP contribution in [0.2, 0.25) is 0 Å². The first kappa shape index (κ1) is 16.6. The Kier molecular flexibility index (Phi) is 4.34. The zero-order chi connectivity index (χ0) is 16.7. The Morgan fingerprint density at radius 1 is 1.23 bits per heavy atom. The van der Waals surface area contributed by atoms with E-state index in [2.05, 4.69) is 26.8 Å². The van der Waals surface area contributed by atoms with Gasteiger partial charge < -0.3 is 14.8 Å². The smallest absolute Gasteiger partial charge is 0.337 e. The first-order valence-corrected chi connectivity index (χ1v) is 7.66. The van der Waals surface area contributed by atoms with Crippen molar-refractivity contribution < 1.29 is 15.0 Å². The summed E-state index contributed by atoms with van der Waals surface area (Å²) >= 11 is 0. The van der Waals surface area contributed by atoms with E-state index in [1.54, 1.807) is 6.07 Å². The Morgan fingerprint density at radius 3 is 2.36 bits per heavy atom. The molecule has 0 radical (unpaired) electrons. The number of carboxylic acids is 1. The van der Waals surface area contributed by atoms with Gasteiger partial charge in [0.25, 0.3) is 0 Å². The van der Waals surface area contributed by atoms with Gasteiger partial charge in [0.05, 0.1) is 11.1 Å². The van der Waals surface area contributed by atoms with E-state index in [1.807, 2.05) is 18.4 Å². The van der Waals surface area contributed by atoms with E-state index in [0.29, 0.717) is 18.5 Å². The molecule has 2 aromatic rings. The van der Waals surface area contributed by atoms with Crippen LogP contribution in [0, 0.1) is 13.8 Å². The number of carbonyl (C=O) groups is 1. The topological polar surface area (TPSA) is 62.5 Å². The maximum absolute atomic E-state index is 11.8. The van der Waals surface area contributed by atoms with E-state index < -0.39 is 5.97 Å². The van der Waals surface area contributed by atoms with E-state index in [4.69, 9.17) is 5.11 Å². The molecule has 120 valence electrons. The van der Waals surface area contributed by atoms with Gasteiger partial charge in [0.15, 0.2) is 0 Å². The molecule has 4 nitrogen and oxygen atoms in total. The van der Waals surface area contributed by atoms with E-state index in [1.165, 1.54) is 0 Å². The van der Waals surface area contributed by atoms with Crippen molar-refractivity contribution >= 4 is 16.9 Å². The van der Waals surface area contributed by atoms with Crippen LogP contribution in [0.4, 0.5) is 0 Å². The summed E-state index contributed by atoms with van der Waals surface area (Å²) in [7, 11) is 0. The third-order valence-corrected chi connectivity index (χ3v) is 4.37. The third-order valence-electron chi connectivity index (χ3n) is 4.37. The summed E-state index contributed by atoms with van der Waals surface area (Å²) in [6.45, 7) is 11.0.